The lowest BCUT2D eigenvalue weighted by Crippen LogP contribution is -2.57. The van der Waals surface area contributed by atoms with Crippen molar-refractivity contribution in [2.24, 2.45) is 0 Å². The Morgan fingerprint density at radius 2 is 2.54 bits per heavy atom. The molecule has 2 fully saturated rings. The van der Waals surface area contributed by atoms with E-state index in [0.717, 1.165) is 17.9 Å². The molecule has 2 aliphatic heterocycles. The number of hydrogen-bond acceptors (Lipinski definition) is 4. The minimum atomic E-state index is -0.819. The second-order valence-electron chi connectivity index (χ2n) is 3.57. The maximum absolute atomic E-state index is 10.6. The molecule has 0 aromatic heterocycles. The topological polar surface area (TPSA) is 58.6 Å². The monoisotopic (exact) mass is 203 g/mol. The molecule has 2 unspecified atom stereocenters. The maximum Gasteiger partial charge on any atom is 0.323 e. The summed E-state index contributed by atoms with van der Waals surface area (Å²) >= 11 is 1.88. The van der Waals surface area contributed by atoms with Gasteiger partial charge in [-0.3, -0.25) is 10.1 Å². The van der Waals surface area contributed by atoms with E-state index in [1.807, 2.05) is 11.8 Å². The average Bonchev–Trinajstić information content (AvgIpc) is 2.54. The lowest BCUT2D eigenvalue weighted by atomic mass is 10.0. The van der Waals surface area contributed by atoms with Crippen LogP contribution in [0.5, 0.6) is 0 Å². The van der Waals surface area contributed by atoms with E-state index in [-0.39, 0.29) is 5.60 Å². The zero-order valence-corrected chi connectivity index (χ0v) is 8.10. The number of nitrogens with one attached hydrogen (secondary N) is 1. The molecule has 4 nitrogen and oxygen atoms in total. The quantitative estimate of drug-likeness (QED) is 0.625. The lowest BCUT2D eigenvalue weighted by molar-refractivity contribution is -0.147. The summed E-state index contributed by atoms with van der Waals surface area (Å²) in [6.07, 6.45) is 1.04. The Morgan fingerprint density at radius 1 is 1.69 bits per heavy atom. The summed E-state index contributed by atoms with van der Waals surface area (Å²) in [6.45, 7) is 0.979. The van der Waals surface area contributed by atoms with E-state index in [2.05, 4.69) is 5.32 Å². The second kappa shape index (κ2) is 3.48. The third-order valence-corrected chi connectivity index (χ3v) is 3.82. The molecular formula is C8H13NO3S. The van der Waals surface area contributed by atoms with Crippen LogP contribution in [-0.2, 0) is 9.53 Å². The smallest absolute Gasteiger partial charge is 0.323 e. The fourth-order valence-corrected chi connectivity index (χ4v) is 3.04. The summed E-state index contributed by atoms with van der Waals surface area (Å²) < 4.78 is 5.64. The largest absolute Gasteiger partial charge is 0.480 e. The molecule has 1 spiro atoms. The number of morpholine rings is 1. The minimum Gasteiger partial charge on any atom is -0.480 e. The number of ether oxygens (including phenoxy) is 1. The number of carbonyl (C=O) groups is 1. The average molecular weight is 203 g/mol. The molecule has 2 aliphatic rings. The highest BCUT2D eigenvalue weighted by Gasteiger charge is 2.40. The molecule has 13 heavy (non-hydrogen) atoms. The maximum atomic E-state index is 10.6. The highest BCUT2D eigenvalue weighted by Crippen LogP contribution is 2.32. The summed E-state index contributed by atoms with van der Waals surface area (Å²) in [7, 11) is 0. The van der Waals surface area contributed by atoms with Gasteiger partial charge in [-0.15, -0.1) is 0 Å². The van der Waals surface area contributed by atoms with Gasteiger partial charge in [-0.05, 0) is 12.2 Å². The van der Waals surface area contributed by atoms with Gasteiger partial charge in [-0.25, -0.2) is 0 Å². The molecule has 2 heterocycles. The first-order valence-electron chi connectivity index (χ1n) is 4.40. The summed E-state index contributed by atoms with van der Waals surface area (Å²) in [5.41, 5.74) is -0.0728. The molecule has 2 saturated heterocycles. The van der Waals surface area contributed by atoms with Crippen LogP contribution in [-0.4, -0.2) is 47.4 Å². The van der Waals surface area contributed by atoms with Gasteiger partial charge in [0, 0.05) is 12.3 Å². The van der Waals surface area contributed by atoms with Gasteiger partial charge in [-0.2, -0.15) is 11.8 Å². The number of aliphatic carboxylic acids is 1. The van der Waals surface area contributed by atoms with E-state index in [0.29, 0.717) is 13.2 Å². The summed E-state index contributed by atoms with van der Waals surface area (Å²) in [4.78, 5) is 10.6. The van der Waals surface area contributed by atoms with Crippen molar-refractivity contribution in [2.45, 2.75) is 18.1 Å². The van der Waals surface area contributed by atoms with Gasteiger partial charge < -0.3 is 9.84 Å². The number of thioether (sulfide) groups is 1. The Balaban J connectivity index is 1.91. The minimum absolute atomic E-state index is 0.0728. The fraction of sp³-hybridized carbons (Fsp3) is 0.875. The predicted molar refractivity (Wildman–Crippen MR) is 50.1 cm³/mol. The third kappa shape index (κ3) is 1.82. The van der Waals surface area contributed by atoms with Crippen LogP contribution in [0.4, 0.5) is 0 Å². The summed E-state index contributed by atoms with van der Waals surface area (Å²) in [5, 5.41) is 11.7. The number of hydrogen-bond donors (Lipinski definition) is 2. The molecule has 5 heteroatoms. The Kier molecular flexibility index (Phi) is 2.49. The van der Waals surface area contributed by atoms with Crippen LogP contribution in [0.15, 0.2) is 0 Å². The van der Waals surface area contributed by atoms with Gasteiger partial charge in [0.2, 0.25) is 0 Å². The summed E-state index contributed by atoms with van der Waals surface area (Å²) in [5.74, 6) is 1.30. The van der Waals surface area contributed by atoms with Gasteiger partial charge >= 0.3 is 5.97 Å². The first-order valence-corrected chi connectivity index (χ1v) is 5.55. The highest BCUT2D eigenvalue weighted by atomic mass is 32.2. The molecule has 2 N–H and O–H groups in total. The standard InChI is InChI=1S/C8H13NO3S/c10-7(11)6-3-12-8(4-9-6)1-2-13-5-8/h6,9H,1-5H2,(H,10,11). The fourth-order valence-electron chi connectivity index (χ4n) is 1.68. The van der Waals surface area contributed by atoms with E-state index in [1.54, 1.807) is 0 Å². The van der Waals surface area contributed by atoms with Crippen LogP contribution >= 0.6 is 11.8 Å². The van der Waals surface area contributed by atoms with Crippen LogP contribution in [0, 0.1) is 0 Å². The van der Waals surface area contributed by atoms with Gasteiger partial charge in [0.1, 0.15) is 6.04 Å². The SMILES string of the molecule is O=C(O)C1COC2(CCSC2)CN1. The molecule has 0 aliphatic carbocycles. The van der Waals surface area contributed by atoms with Crippen molar-refractivity contribution >= 4 is 17.7 Å². The first-order chi connectivity index (χ1) is 6.22. The van der Waals surface area contributed by atoms with Crippen molar-refractivity contribution in [1.29, 1.82) is 0 Å². The van der Waals surface area contributed by atoms with Crippen molar-refractivity contribution < 1.29 is 14.6 Å². The third-order valence-electron chi connectivity index (χ3n) is 2.59. The van der Waals surface area contributed by atoms with E-state index in [9.17, 15) is 4.79 Å². The first kappa shape index (κ1) is 9.30. The molecule has 0 aromatic carbocycles. The number of carboxylic acids is 1. The Morgan fingerprint density at radius 3 is 3.00 bits per heavy atom. The van der Waals surface area contributed by atoms with Gasteiger partial charge in [0.15, 0.2) is 0 Å². The molecule has 2 rings (SSSR count). The zero-order valence-electron chi connectivity index (χ0n) is 7.28. The van der Waals surface area contributed by atoms with E-state index in [1.165, 1.54) is 0 Å². The van der Waals surface area contributed by atoms with E-state index >= 15 is 0 Å². The Labute approximate surface area is 81.0 Å². The highest BCUT2D eigenvalue weighted by molar-refractivity contribution is 7.99. The molecule has 74 valence electrons. The van der Waals surface area contributed by atoms with Crippen molar-refractivity contribution in [2.75, 3.05) is 24.7 Å². The van der Waals surface area contributed by atoms with Crippen LogP contribution < -0.4 is 5.32 Å². The van der Waals surface area contributed by atoms with E-state index < -0.39 is 12.0 Å². The molecule has 0 bridgehead atoms. The summed E-state index contributed by atoms with van der Waals surface area (Å²) in [6, 6.07) is -0.517. The zero-order chi connectivity index (χ0) is 9.31. The molecule has 0 amide bonds. The molecule has 0 aromatic rings. The van der Waals surface area contributed by atoms with Crippen LogP contribution in [0.3, 0.4) is 0 Å². The number of carboxylic acid groups (broad SMARTS) is 1. The van der Waals surface area contributed by atoms with E-state index in [4.69, 9.17) is 9.84 Å². The van der Waals surface area contributed by atoms with Gasteiger partial charge in [-0.1, -0.05) is 0 Å². The Hall–Kier alpha value is -0.260. The lowest BCUT2D eigenvalue weighted by Gasteiger charge is -2.36. The van der Waals surface area contributed by atoms with Crippen LogP contribution in [0.1, 0.15) is 6.42 Å². The Bertz CT molecular complexity index is 205. The molecular weight excluding hydrogens is 190 g/mol. The van der Waals surface area contributed by atoms with Crippen LogP contribution in [0.2, 0.25) is 0 Å². The van der Waals surface area contributed by atoms with Gasteiger partial charge in [0.05, 0.1) is 12.2 Å². The molecule has 0 radical (unpaired) electrons. The second-order valence-corrected chi connectivity index (χ2v) is 4.67. The molecule has 2 atom stereocenters. The number of rotatable bonds is 1. The van der Waals surface area contributed by atoms with Gasteiger partial charge in [0.25, 0.3) is 0 Å². The normalized spacial score (nSPS) is 39.5. The van der Waals surface area contributed by atoms with Crippen molar-refractivity contribution in [1.82, 2.24) is 5.32 Å². The van der Waals surface area contributed by atoms with Crippen molar-refractivity contribution in [3.63, 3.8) is 0 Å². The predicted octanol–water partition coefficient (Wildman–Crippen LogP) is -0.0649. The van der Waals surface area contributed by atoms with Crippen molar-refractivity contribution in [3.05, 3.63) is 0 Å². The molecule has 0 saturated carbocycles. The van der Waals surface area contributed by atoms with Crippen LogP contribution in [0.25, 0.3) is 0 Å². The van der Waals surface area contributed by atoms with Crippen molar-refractivity contribution in [3.8, 4) is 0 Å².